The zero-order valence-electron chi connectivity index (χ0n) is 12.7. The fraction of sp³-hybridized carbons (Fsp3) is 0.0556. The Morgan fingerprint density at radius 3 is 2.62 bits per heavy atom. The van der Waals surface area contributed by atoms with Crippen LogP contribution in [-0.2, 0) is 6.61 Å². The number of pyridine rings is 2. The number of benzene rings is 1. The number of hydrogen-bond acceptors (Lipinski definition) is 6. The van der Waals surface area contributed by atoms with Gasteiger partial charge in [0, 0.05) is 12.4 Å². The van der Waals surface area contributed by atoms with Gasteiger partial charge < -0.3 is 10.1 Å². The first-order valence-electron chi connectivity index (χ1n) is 7.49. The van der Waals surface area contributed by atoms with Crippen molar-refractivity contribution in [2.45, 2.75) is 6.61 Å². The second kappa shape index (κ2) is 6.64. The van der Waals surface area contributed by atoms with Crippen LogP contribution >= 0.6 is 11.3 Å². The van der Waals surface area contributed by atoms with E-state index in [1.54, 1.807) is 12.4 Å². The van der Waals surface area contributed by atoms with Crippen LogP contribution in [0.4, 0.5) is 10.9 Å². The Labute approximate surface area is 143 Å². The summed E-state index contributed by atoms with van der Waals surface area (Å²) in [5.74, 6) is 1.33. The molecule has 4 rings (SSSR count). The summed E-state index contributed by atoms with van der Waals surface area (Å²) in [6, 6.07) is 17.6. The zero-order valence-corrected chi connectivity index (χ0v) is 13.5. The fourth-order valence-corrected chi connectivity index (χ4v) is 3.07. The molecule has 0 fully saturated rings. The Bertz CT molecular complexity index is 922. The first-order chi connectivity index (χ1) is 11.9. The maximum absolute atomic E-state index is 5.91. The quantitative estimate of drug-likeness (QED) is 0.586. The van der Waals surface area contributed by atoms with E-state index in [1.165, 1.54) is 11.3 Å². The van der Waals surface area contributed by atoms with Crippen LogP contribution in [0.3, 0.4) is 0 Å². The number of nitrogens with one attached hydrogen (secondary N) is 1. The van der Waals surface area contributed by atoms with E-state index in [0.717, 1.165) is 21.0 Å². The lowest BCUT2D eigenvalue weighted by atomic mass is 10.2. The monoisotopic (exact) mass is 334 g/mol. The molecule has 0 aliphatic carbocycles. The molecule has 1 aromatic carbocycles. The Kier molecular flexibility index (Phi) is 4.04. The van der Waals surface area contributed by atoms with Crippen LogP contribution < -0.4 is 10.1 Å². The topological polar surface area (TPSA) is 59.9 Å². The van der Waals surface area contributed by atoms with Gasteiger partial charge in [-0.25, -0.2) is 15.0 Å². The molecule has 0 aliphatic rings. The van der Waals surface area contributed by atoms with Crippen LogP contribution in [0.5, 0.6) is 5.75 Å². The van der Waals surface area contributed by atoms with Crippen LogP contribution in [0.1, 0.15) is 5.56 Å². The van der Waals surface area contributed by atoms with E-state index in [2.05, 4.69) is 20.3 Å². The lowest BCUT2D eigenvalue weighted by Gasteiger charge is -2.10. The second-order valence-corrected chi connectivity index (χ2v) is 6.07. The van der Waals surface area contributed by atoms with Crippen molar-refractivity contribution in [2.75, 3.05) is 5.32 Å². The third-order valence-corrected chi connectivity index (χ3v) is 4.29. The molecule has 0 saturated carbocycles. The van der Waals surface area contributed by atoms with Gasteiger partial charge in [0.2, 0.25) is 0 Å². The number of nitrogens with zero attached hydrogens (tertiary/aromatic N) is 3. The second-order valence-electron chi connectivity index (χ2n) is 5.10. The van der Waals surface area contributed by atoms with Gasteiger partial charge in [0.1, 0.15) is 17.0 Å². The highest BCUT2D eigenvalue weighted by Gasteiger charge is 2.09. The number of fused-ring (bicyclic) bond motifs is 1. The van der Waals surface area contributed by atoms with Gasteiger partial charge in [-0.05, 0) is 29.8 Å². The minimum Gasteiger partial charge on any atom is -0.485 e. The van der Waals surface area contributed by atoms with Crippen molar-refractivity contribution in [1.82, 2.24) is 15.0 Å². The lowest BCUT2D eigenvalue weighted by Crippen LogP contribution is -2.00. The summed E-state index contributed by atoms with van der Waals surface area (Å²) in [4.78, 5) is 14.1. The highest BCUT2D eigenvalue weighted by atomic mass is 32.1. The van der Waals surface area contributed by atoms with Crippen LogP contribution in [0, 0.1) is 0 Å². The summed E-state index contributed by atoms with van der Waals surface area (Å²) in [5.41, 5.74) is 1.98. The van der Waals surface area contributed by atoms with Crippen molar-refractivity contribution in [1.29, 1.82) is 0 Å². The molecule has 3 aromatic heterocycles. The van der Waals surface area contributed by atoms with Gasteiger partial charge >= 0.3 is 0 Å². The van der Waals surface area contributed by atoms with E-state index < -0.39 is 0 Å². The Balaban J connectivity index is 1.54. The summed E-state index contributed by atoms with van der Waals surface area (Å²) in [7, 11) is 0. The SMILES string of the molecule is c1ccc(COc2cccnc2Nc2nc3cccnc3s2)cc1. The molecular weight excluding hydrogens is 320 g/mol. The number of rotatable bonds is 5. The van der Waals surface area contributed by atoms with Gasteiger partial charge in [0.05, 0.1) is 0 Å². The third-order valence-electron chi connectivity index (χ3n) is 3.40. The predicted octanol–water partition coefficient (Wildman–Crippen LogP) is 4.41. The van der Waals surface area contributed by atoms with E-state index in [4.69, 9.17) is 4.74 Å². The zero-order chi connectivity index (χ0) is 16.2. The van der Waals surface area contributed by atoms with Gasteiger partial charge in [-0.2, -0.15) is 0 Å². The maximum Gasteiger partial charge on any atom is 0.191 e. The number of aromatic nitrogens is 3. The van der Waals surface area contributed by atoms with Crippen LogP contribution in [-0.4, -0.2) is 15.0 Å². The molecule has 4 aromatic rings. The van der Waals surface area contributed by atoms with Crippen LogP contribution in [0.25, 0.3) is 10.3 Å². The molecule has 24 heavy (non-hydrogen) atoms. The molecule has 0 bridgehead atoms. The summed E-state index contributed by atoms with van der Waals surface area (Å²) < 4.78 is 5.91. The van der Waals surface area contributed by atoms with Gasteiger partial charge in [-0.1, -0.05) is 41.7 Å². The summed E-state index contributed by atoms with van der Waals surface area (Å²) in [6.07, 6.45) is 3.49. The molecule has 0 amide bonds. The third kappa shape index (κ3) is 3.18. The summed E-state index contributed by atoms with van der Waals surface area (Å²) in [6.45, 7) is 0.489. The molecule has 118 valence electrons. The number of thiazole rings is 1. The maximum atomic E-state index is 5.91. The van der Waals surface area contributed by atoms with Crippen molar-refractivity contribution in [3.63, 3.8) is 0 Å². The largest absolute Gasteiger partial charge is 0.485 e. The van der Waals surface area contributed by atoms with Gasteiger partial charge in [0.25, 0.3) is 0 Å². The van der Waals surface area contributed by atoms with Gasteiger partial charge in [0.15, 0.2) is 16.7 Å². The molecule has 6 heteroatoms. The number of hydrogen-bond donors (Lipinski definition) is 1. The molecule has 0 radical (unpaired) electrons. The Morgan fingerprint density at radius 1 is 0.917 bits per heavy atom. The Hall–Kier alpha value is -2.99. The van der Waals surface area contributed by atoms with Crippen LogP contribution in [0.2, 0.25) is 0 Å². The summed E-state index contributed by atoms with van der Waals surface area (Å²) >= 11 is 1.49. The Morgan fingerprint density at radius 2 is 1.75 bits per heavy atom. The van der Waals surface area contributed by atoms with Crippen molar-refractivity contribution in [3.05, 3.63) is 72.6 Å². The van der Waals surface area contributed by atoms with Gasteiger partial charge in [-0.15, -0.1) is 0 Å². The molecule has 0 aliphatic heterocycles. The molecule has 0 spiro atoms. The highest BCUT2D eigenvalue weighted by molar-refractivity contribution is 7.21. The normalized spacial score (nSPS) is 10.7. The molecule has 0 saturated heterocycles. The number of anilines is 2. The molecule has 5 nitrogen and oxygen atoms in total. The first-order valence-corrected chi connectivity index (χ1v) is 8.30. The van der Waals surface area contributed by atoms with E-state index in [-0.39, 0.29) is 0 Å². The smallest absolute Gasteiger partial charge is 0.191 e. The molecule has 0 unspecified atom stereocenters. The summed E-state index contributed by atoms with van der Waals surface area (Å²) in [5, 5.41) is 3.97. The van der Waals surface area contributed by atoms with Crippen molar-refractivity contribution < 1.29 is 4.74 Å². The fourth-order valence-electron chi connectivity index (χ4n) is 2.26. The number of ether oxygens (including phenoxy) is 1. The van der Waals surface area contributed by atoms with E-state index in [0.29, 0.717) is 18.2 Å². The average molecular weight is 334 g/mol. The van der Waals surface area contributed by atoms with Crippen LogP contribution in [0.15, 0.2) is 67.0 Å². The van der Waals surface area contributed by atoms with Crippen molar-refractivity contribution in [2.24, 2.45) is 0 Å². The van der Waals surface area contributed by atoms with E-state index >= 15 is 0 Å². The minimum absolute atomic E-state index is 0.489. The van der Waals surface area contributed by atoms with Gasteiger partial charge in [-0.3, -0.25) is 0 Å². The lowest BCUT2D eigenvalue weighted by molar-refractivity contribution is 0.307. The molecule has 0 atom stereocenters. The highest BCUT2D eigenvalue weighted by Crippen LogP contribution is 2.30. The van der Waals surface area contributed by atoms with Crippen molar-refractivity contribution >= 4 is 32.6 Å². The molecule has 1 N–H and O–H groups in total. The van der Waals surface area contributed by atoms with Crippen molar-refractivity contribution in [3.8, 4) is 5.75 Å². The molecule has 3 heterocycles. The average Bonchev–Trinajstić information content (AvgIpc) is 3.04. The minimum atomic E-state index is 0.489. The standard InChI is InChI=1S/C18H14N4OS/c1-2-6-13(7-3-1)12-23-15-9-5-10-19-16(15)22-18-21-14-8-4-11-20-17(14)24-18/h1-11H,12H2,(H,19,21,22). The predicted molar refractivity (Wildman–Crippen MR) is 95.7 cm³/mol. The van der Waals surface area contributed by atoms with E-state index in [1.807, 2.05) is 54.6 Å². The van der Waals surface area contributed by atoms with E-state index in [9.17, 15) is 0 Å². The first kappa shape index (κ1) is 14.6. The molecular formula is C18H14N4OS.